The van der Waals surface area contributed by atoms with Crippen LogP contribution in [0.4, 0.5) is 0 Å². The molecule has 0 aliphatic rings. The van der Waals surface area contributed by atoms with E-state index in [4.69, 9.17) is 17.4 Å². The molecule has 0 aliphatic heterocycles. The third kappa shape index (κ3) is 2.31. The van der Waals surface area contributed by atoms with Crippen LogP contribution in [0.1, 0.15) is 34.0 Å². The molecule has 0 saturated carbocycles. The molecule has 0 radical (unpaired) electrons. The van der Waals surface area contributed by atoms with Gasteiger partial charge in [0, 0.05) is 16.3 Å². The first-order chi connectivity index (χ1) is 8.58. The topological polar surface area (TPSA) is 55.9 Å². The van der Waals surface area contributed by atoms with Crippen LogP contribution in [0.2, 0.25) is 5.02 Å². The third-order valence-corrected chi connectivity index (χ3v) is 4.55. The van der Waals surface area contributed by atoms with Crippen molar-refractivity contribution in [3.63, 3.8) is 0 Å². The van der Waals surface area contributed by atoms with Crippen molar-refractivity contribution in [1.82, 2.24) is 15.2 Å². The number of nitrogens with two attached hydrogens (primary N) is 1. The SMILES string of the molecule is CCn1ncc(Cl)c1C(NN)c1cc(C)c(C)s1. The van der Waals surface area contributed by atoms with Crippen LogP contribution in [-0.4, -0.2) is 9.78 Å². The number of nitrogens with zero attached hydrogens (tertiary/aromatic N) is 2. The number of hydrogen-bond donors (Lipinski definition) is 2. The highest BCUT2D eigenvalue weighted by Crippen LogP contribution is 2.33. The van der Waals surface area contributed by atoms with Gasteiger partial charge >= 0.3 is 0 Å². The molecule has 0 bridgehead atoms. The second-order valence-electron chi connectivity index (χ2n) is 4.18. The first kappa shape index (κ1) is 13.5. The van der Waals surface area contributed by atoms with Crippen molar-refractivity contribution in [2.24, 2.45) is 5.84 Å². The Morgan fingerprint density at radius 1 is 1.56 bits per heavy atom. The summed E-state index contributed by atoms with van der Waals surface area (Å²) in [6, 6.07) is 2.03. The molecule has 2 heterocycles. The van der Waals surface area contributed by atoms with Crippen molar-refractivity contribution in [3.8, 4) is 0 Å². The average Bonchev–Trinajstić information content (AvgIpc) is 2.86. The fraction of sp³-hybridized carbons (Fsp3) is 0.417. The molecule has 0 fully saturated rings. The van der Waals surface area contributed by atoms with Crippen LogP contribution in [-0.2, 0) is 6.54 Å². The molecule has 2 rings (SSSR count). The third-order valence-electron chi connectivity index (χ3n) is 3.04. The van der Waals surface area contributed by atoms with E-state index in [9.17, 15) is 0 Å². The normalized spacial score (nSPS) is 12.9. The van der Waals surface area contributed by atoms with Crippen molar-refractivity contribution < 1.29 is 0 Å². The van der Waals surface area contributed by atoms with Gasteiger partial charge in [-0.2, -0.15) is 5.10 Å². The number of thiophene rings is 1. The van der Waals surface area contributed by atoms with E-state index in [1.54, 1.807) is 17.5 Å². The van der Waals surface area contributed by atoms with Gasteiger partial charge in [0.2, 0.25) is 0 Å². The van der Waals surface area contributed by atoms with Crippen LogP contribution < -0.4 is 11.3 Å². The van der Waals surface area contributed by atoms with Gasteiger partial charge in [0.05, 0.1) is 23.0 Å². The molecule has 0 amide bonds. The predicted octanol–water partition coefficient (Wildman–Crippen LogP) is 2.79. The molecule has 4 nitrogen and oxygen atoms in total. The Morgan fingerprint density at radius 3 is 2.78 bits per heavy atom. The quantitative estimate of drug-likeness (QED) is 0.670. The Hall–Kier alpha value is -0.880. The molecule has 0 spiro atoms. The molecular weight excluding hydrogens is 268 g/mol. The van der Waals surface area contributed by atoms with Gasteiger partial charge in [-0.3, -0.25) is 10.5 Å². The molecule has 0 aliphatic carbocycles. The van der Waals surface area contributed by atoms with Gasteiger partial charge in [-0.25, -0.2) is 5.43 Å². The standard InChI is InChI=1S/C12H17ClN4S/c1-4-17-12(9(13)6-15-17)11(16-14)10-5-7(2)8(3)18-10/h5-6,11,16H,4,14H2,1-3H3. The molecule has 3 N–H and O–H groups in total. The van der Waals surface area contributed by atoms with Gasteiger partial charge in [0.1, 0.15) is 0 Å². The summed E-state index contributed by atoms with van der Waals surface area (Å²) in [6.45, 7) is 7.01. The van der Waals surface area contributed by atoms with Crippen LogP contribution in [0.25, 0.3) is 0 Å². The van der Waals surface area contributed by atoms with Gasteiger partial charge in [0.15, 0.2) is 0 Å². The molecule has 18 heavy (non-hydrogen) atoms. The largest absolute Gasteiger partial charge is 0.270 e. The van der Waals surface area contributed by atoms with Gasteiger partial charge in [-0.1, -0.05) is 11.6 Å². The fourth-order valence-corrected chi connectivity index (χ4v) is 3.31. The van der Waals surface area contributed by atoms with Crippen LogP contribution in [0.15, 0.2) is 12.3 Å². The second-order valence-corrected chi connectivity index (χ2v) is 5.88. The summed E-state index contributed by atoms with van der Waals surface area (Å²) in [4.78, 5) is 2.45. The van der Waals surface area contributed by atoms with E-state index < -0.39 is 0 Å². The maximum Gasteiger partial charge on any atom is 0.0985 e. The zero-order valence-corrected chi connectivity index (χ0v) is 12.3. The molecule has 98 valence electrons. The van der Waals surface area contributed by atoms with E-state index in [2.05, 4.69) is 30.4 Å². The zero-order valence-electron chi connectivity index (χ0n) is 10.7. The summed E-state index contributed by atoms with van der Waals surface area (Å²) < 4.78 is 1.87. The number of nitrogens with one attached hydrogen (secondary N) is 1. The van der Waals surface area contributed by atoms with Crippen molar-refractivity contribution >= 4 is 22.9 Å². The van der Waals surface area contributed by atoms with Crippen LogP contribution >= 0.6 is 22.9 Å². The number of halogens is 1. The van der Waals surface area contributed by atoms with E-state index in [0.29, 0.717) is 5.02 Å². The summed E-state index contributed by atoms with van der Waals surface area (Å²) in [5, 5.41) is 4.89. The van der Waals surface area contributed by atoms with E-state index in [-0.39, 0.29) is 6.04 Å². The number of hydrogen-bond acceptors (Lipinski definition) is 4. The lowest BCUT2D eigenvalue weighted by molar-refractivity contribution is 0.548. The monoisotopic (exact) mass is 284 g/mol. The number of rotatable bonds is 4. The highest BCUT2D eigenvalue weighted by molar-refractivity contribution is 7.12. The highest BCUT2D eigenvalue weighted by Gasteiger charge is 2.22. The molecule has 6 heteroatoms. The Bertz CT molecular complexity index is 527. The van der Waals surface area contributed by atoms with Gasteiger partial charge in [0.25, 0.3) is 0 Å². The van der Waals surface area contributed by atoms with E-state index in [1.807, 2.05) is 11.6 Å². The second kappa shape index (κ2) is 5.40. The lowest BCUT2D eigenvalue weighted by atomic mass is 10.1. The lowest BCUT2D eigenvalue weighted by Gasteiger charge is -2.16. The molecule has 2 aromatic heterocycles. The van der Waals surface area contributed by atoms with Crippen molar-refractivity contribution in [3.05, 3.63) is 38.3 Å². The summed E-state index contributed by atoms with van der Waals surface area (Å²) in [5.74, 6) is 5.70. The fourth-order valence-electron chi connectivity index (χ4n) is 1.95. The zero-order chi connectivity index (χ0) is 13.3. The van der Waals surface area contributed by atoms with E-state index in [1.165, 1.54) is 10.4 Å². The van der Waals surface area contributed by atoms with Crippen LogP contribution in [0.3, 0.4) is 0 Å². The minimum Gasteiger partial charge on any atom is -0.270 e. The molecule has 1 unspecified atom stereocenters. The minimum absolute atomic E-state index is 0.114. The van der Waals surface area contributed by atoms with Gasteiger partial charge in [-0.05, 0) is 32.4 Å². The average molecular weight is 285 g/mol. The molecule has 1 atom stereocenters. The van der Waals surface area contributed by atoms with Crippen molar-refractivity contribution in [2.75, 3.05) is 0 Å². The van der Waals surface area contributed by atoms with E-state index in [0.717, 1.165) is 17.1 Å². The summed E-state index contributed by atoms with van der Waals surface area (Å²) in [5.41, 5.74) is 5.03. The Kier molecular flexibility index (Phi) is 4.07. The predicted molar refractivity (Wildman–Crippen MR) is 75.9 cm³/mol. The van der Waals surface area contributed by atoms with Crippen molar-refractivity contribution in [1.29, 1.82) is 0 Å². The van der Waals surface area contributed by atoms with E-state index >= 15 is 0 Å². The minimum atomic E-state index is -0.114. The molecule has 0 aromatic carbocycles. The Labute approximate surface area is 116 Å². The molecular formula is C12H17ClN4S. The Morgan fingerprint density at radius 2 is 2.28 bits per heavy atom. The highest BCUT2D eigenvalue weighted by atomic mass is 35.5. The number of aryl methyl sites for hydroxylation is 3. The number of hydrazine groups is 1. The van der Waals surface area contributed by atoms with Gasteiger partial charge < -0.3 is 0 Å². The lowest BCUT2D eigenvalue weighted by Crippen LogP contribution is -2.30. The first-order valence-corrected chi connectivity index (χ1v) is 7.02. The van der Waals surface area contributed by atoms with Crippen LogP contribution in [0, 0.1) is 13.8 Å². The van der Waals surface area contributed by atoms with Crippen molar-refractivity contribution in [2.45, 2.75) is 33.4 Å². The smallest absolute Gasteiger partial charge is 0.0985 e. The summed E-state index contributed by atoms with van der Waals surface area (Å²) in [7, 11) is 0. The maximum absolute atomic E-state index is 6.22. The summed E-state index contributed by atoms with van der Waals surface area (Å²) in [6.07, 6.45) is 1.66. The Balaban J connectivity index is 2.47. The number of aromatic nitrogens is 2. The van der Waals surface area contributed by atoms with Crippen LogP contribution in [0.5, 0.6) is 0 Å². The first-order valence-electron chi connectivity index (χ1n) is 5.82. The maximum atomic E-state index is 6.22. The molecule has 2 aromatic rings. The summed E-state index contributed by atoms with van der Waals surface area (Å²) >= 11 is 7.95. The molecule has 0 saturated heterocycles. The van der Waals surface area contributed by atoms with Gasteiger partial charge in [-0.15, -0.1) is 11.3 Å².